The Bertz CT molecular complexity index is 966. The number of rotatable bonds is 13. The van der Waals surface area contributed by atoms with Gasteiger partial charge >= 0.3 is 0 Å². The summed E-state index contributed by atoms with van der Waals surface area (Å²) in [5.41, 5.74) is 1.07. The van der Waals surface area contributed by atoms with Crippen LogP contribution in [0.1, 0.15) is 25.7 Å². The molecule has 38 heavy (non-hydrogen) atoms. The van der Waals surface area contributed by atoms with Crippen LogP contribution in [0.25, 0.3) is 0 Å². The Balaban J connectivity index is 1.30. The lowest BCUT2D eigenvalue weighted by atomic mass is 9.82. The van der Waals surface area contributed by atoms with Crippen LogP contribution in [0, 0.1) is 11.8 Å². The molecular weight excluding hydrogens is 487 g/mol. The van der Waals surface area contributed by atoms with Gasteiger partial charge in [-0.15, -0.1) is 0 Å². The molecule has 208 valence electrons. The smallest absolute Gasteiger partial charge is 0.231 e. The highest BCUT2D eigenvalue weighted by molar-refractivity contribution is 5.94. The van der Waals surface area contributed by atoms with E-state index in [0.29, 0.717) is 25.6 Å². The first-order chi connectivity index (χ1) is 18.7. The first kappa shape index (κ1) is 28.3. The van der Waals surface area contributed by atoms with Gasteiger partial charge in [0.05, 0.1) is 25.6 Å². The number of amides is 1. The largest absolute Gasteiger partial charge is 0.465 e. The zero-order valence-electron chi connectivity index (χ0n) is 22.5. The van der Waals surface area contributed by atoms with Crippen molar-refractivity contribution in [1.29, 1.82) is 0 Å². The molecule has 0 spiro atoms. The van der Waals surface area contributed by atoms with Crippen molar-refractivity contribution in [1.82, 2.24) is 9.88 Å². The van der Waals surface area contributed by atoms with Crippen LogP contribution in [0.4, 0.5) is 15.9 Å². The summed E-state index contributed by atoms with van der Waals surface area (Å²) in [6, 6.07) is 13.7. The number of benzene rings is 1. The topological polar surface area (TPSA) is 67.4 Å². The van der Waals surface area contributed by atoms with E-state index in [2.05, 4.69) is 20.9 Å². The maximum Gasteiger partial charge on any atom is 0.231 e. The molecule has 9 heteroatoms. The monoisotopic (exact) mass is 528 g/mol. The van der Waals surface area contributed by atoms with Crippen molar-refractivity contribution in [3.05, 3.63) is 48.7 Å². The lowest BCUT2D eigenvalue weighted by Crippen LogP contribution is -2.50. The second-order valence-electron chi connectivity index (χ2n) is 10.0. The van der Waals surface area contributed by atoms with Gasteiger partial charge in [-0.2, -0.15) is 0 Å². The predicted molar refractivity (Wildman–Crippen MR) is 146 cm³/mol. The van der Waals surface area contributed by atoms with E-state index < -0.39 is 0 Å². The van der Waals surface area contributed by atoms with Crippen molar-refractivity contribution in [2.45, 2.75) is 25.7 Å². The molecule has 1 aromatic heterocycles. The maximum absolute atomic E-state index is 13.5. The van der Waals surface area contributed by atoms with Gasteiger partial charge in [0.1, 0.15) is 11.6 Å². The van der Waals surface area contributed by atoms with Gasteiger partial charge in [0.15, 0.2) is 6.79 Å². The number of aromatic nitrogens is 1. The van der Waals surface area contributed by atoms with Crippen molar-refractivity contribution in [3.63, 3.8) is 0 Å². The van der Waals surface area contributed by atoms with Gasteiger partial charge in [-0.25, -0.2) is 4.98 Å². The van der Waals surface area contributed by atoms with Crippen LogP contribution in [0.5, 0.6) is 5.75 Å². The maximum atomic E-state index is 13.5. The molecule has 1 amide bonds. The zero-order chi connectivity index (χ0) is 26.6. The number of piperazine rings is 1. The van der Waals surface area contributed by atoms with Crippen molar-refractivity contribution in [3.8, 4) is 5.75 Å². The Morgan fingerprint density at radius 1 is 1.03 bits per heavy atom. The second-order valence-corrected chi connectivity index (χ2v) is 10.0. The number of hydrogen-bond donors (Lipinski definition) is 0. The summed E-state index contributed by atoms with van der Waals surface area (Å²) < 4.78 is 29.4. The Morgan fingerprint density at radius 3 is 2.50 bits per heavy atom. The zero-order valence-corrected chi connectivity index (χ0v) is 22.5. The van der Waals surface area contributed by atoms with Gasteiger partial charge in [0.25, 0.3) is 0 Å². The summed E-state index contributed by atoms with van der Waals surface area (Å²) in [5, 5.41) is 0. The molecule has 2 aromatic rings. The number of alkyl halides is 1. The lowest BCUT2D eigenvalue weighted by Gasteiger charge is -2.38. The van der Waals surface area contributed by atoms with E-state index in [-0.39, 0.29) is 31.2 Å². The van der Waals surface area contributed by atoms with Crippen LogP contribution in [0.15, 0.2) is 48.7 Å². The third kappa shape index (κ3) is 7.88. The van der Waals surface area contributed by atoms with Gasteiger partial charge in [-0.3, -0.25) is 19.0 Å². The minimum atomic E-state index is -0.282. The molecule has 1 aliphatic carbocycles. The summed E-state index contributed by atoms with van der Waals surface area (Å²) in [7, 11) is 1.65. The summed E-state index contributed by atoms with van der Waals surface area (Å²) >= 11 is 0. The number of para-hydroxylation sites is 2. The van der Waals surface area contributed by atoms with E-state index in [1.807, 2.05) is 41.3 Å². The van der Waals surface area contributed by atoms with Crippen molar-refractivity contribution < 1.29 is 23.4 Å². The first-order valence-corrected chi connectivity index (χ1v) is 13.7. The van der Waals surface area contributed by atoms with Gasteiger partial charge in [0, 0.05) is 58.5 Å². The number of anilines is 2. The summed E-state index contributed by atoms with van der Waals surface area (Å²) in [6.07, 6.45) is 4.82. The molecule has 0 atom stereocenters. The van der Waals surface area contributed by atoms with E-state index in [9.17, 15) is 9.18 Å². The third-order valence-corrected chi connectivity index (χ3v) is 7.55. The fourth-order valence-electron chi connectivity index (χ4n) is 5.24. The Labute approximate surface area is 225 Å². The summed E-state index contributed by atoms with van der Waals surface area (Å²) in [6.45, 7) is 5.84. The van der Waals surface area contributed by atoms with Gasteiger partial charge in [-0.05, 0) is 55.9 Å². The quantitative estimate of drug-likeness (QED) is 0.287. The number of nitrogens with zero attached hydrogens (tertiary/aromatic N) is 4. The van der Waals surface area contributed by atoms with Gasteiger partial charge in [0.2, 0.25) is 5.91 Å². The predicted octanol–water partition coefficient (Wildman–Crippen LogP) is 4.01. The molecule has 1 aromatic carbocycles. The molecule has 0 N–H and O–H groups in total. The molecule has 4 rings (SSSR count). The highest BCUT2D eigenvalue weighted by Crippen LogP contribution is 2.32. The molecule has 8 nitrogen and oxygen atoms in total. The van der Waals surface area contributed by atoms with E-state index >= 15 is 0 Å². The molecule has 0 radical (unpaired) electrons. The molecule has 1 saturated carbocycles. The molecule has 2 aliphatic rings. The van der Waals surface area contributed by atoms with Gasteiger partial charge in [-0.1, -0.05) is 18.2 Å². The molecule has 2 fully saturated rings. The van der Waals surface area contributed by atoms with E-state index in [0.717, 1.165) is 69.8 Å². The third-order valence-electron chi connectivity index (χ3n) is 7.55. The lowest BCUT2D eigenvalue weighted by molar-refractivity contribution is -0.123. The Hall–Kier alpha value is -2.75. The molecule has 1 saturated heterocycles. The van der Waals surface area contributed by atoms with Crippen LogP contribution in [0.2, 0.25) is 0 Å². The van der Waals surface area contributed by atoms with Crippen molar-refractivity contribution >= 4 is 17.4 Å². The number of pyridine rings is 1. The molecule has 1 aliphatic heterocycles. The standard InChI is InChI=1S/C29H41FN4O4/c1-36-20-21-37-23-38-27-7-3-2-6-26(27)33-17-14-32(15-18-33)16-19-34(28-8-4-5-13-31-28)29(35)25-11-9-24(22-30)10-12-25/h2-8,13,24-25H,9-12,14-23H2,1H3. The Kier molecular flexibility index (Phi) is 11.2. The highest BCUT2D eigenvalue weighted by Gasteiger charge is 2.31. The fourth-order valence-corrected chi connectivity index (χ4v) is 5.24. The minimum Gasteiger partial charge on any atom is -0.465 e. The summed E-state index contributed by atoms with van der Waals surface area (Å²) in [4.78, 5) is 24.6. The average molecular weight is 529 g/mol. The normalized spacial score (nSPS) is 20.3. The van der Waals surface area contributed by atoms with Crippen LogP contribution >= 0.6 is 0 Å². The fraction of sp³-hybridized carbons (Fsp3) is 0.586. The minimum absolute atomic E-state index is 0.0494. The van der Waals surface area contributed by atoms with Crippen LogP contribution in [-0.4, -0.2) is 88.9 Å². The second kappa shape index (κ2) is 15.0. The average Bonchev–Trinajstić information content (AvgIpc) is 2.98. The molecule has 2 heterocycles. The van der Waals surface area contributed by atoms with Crippen molar-refractivity contribution in [2.24, 2.45) is 11.8 Å². The number of carbonyl (C=O) groups excluding carboxylic acids is 1. The number of ether oxygens (including phenoxy) is 3. The van der Waals surface area contributed by atoms with E-state index in [4.69, 9.17) is 14.2 Å². The SMILES string of the molecule is COCCOCOc1ccccc1N1CCN(CCN(C(=O)C2CCC(CF)CC2)c2ccccn2)CC1. The number of carbonyl (C=O) groups is 1. The molecule has 0 bridgehead atoms. The van der Waals surface area contributed by atoms with E-state index in [1.54, 1.807) is 13.3 Å². The van der Waals surface area contributed by atoms with Crippen LogP contribution in [-0.2, 0) is 14.3 Å². The van der Waals surface area contributed by atoms with Crippen LogP contribution in [0.3, 0.4) is 0 Å². The van der Waals surface area contributed by atoms with Crippen LogP contribution < -0.4 is 14.5 Å². The number of hydrogen-bond acceptors (Lipinski definition) is 7. The first-order valence-electron chi connectivity index (χ1n) is 13.7. The van der Waals surface area contributed by atoms with Crippen molar-refractivity contribution in [2.75, 3.05) is 82.9 Å². The van der Waals surface area contributed by atoms with E-state index in [1.165, 1.54) is 0 Å². The van der Waals surface area contributed by atoms with Gasteiger partial charge < -0.3 is 19.1 Å². The molecule has 0 unspecified atom stereocenters. The number of methoxy groups -OCH3 is 1. The Morgan fingerprint density at radius 2 is 1.79 bits per heavy atom. The number of halogens is 1. The summed E-state index contributed by atoms with van der Waals surface area (Å²) in [5.74, 6) is 1.69. The molecular formula is C29H41FN4O4. The highest BCUT2D eigenvalue weighted by atomic mass is 19.1.